The van der Waals surface area contributed by atoms with Crippen molar-refractivity contribution in [1.82, 2.24) is 19.7 Å². The van der Waals surface area contributed by atoms with E-state index in [2.05, 4.69) is 12.2 Å². The van der Waals surface area contributed by atoms with E-state index >= 15 is 0 Å². The first-order valence-corrected chi connectivity index (χ1v) is 11.0. The number of para-hydroxylation sites is 1. The zero-order valence-corrected chi connectivity index (χ0v) is 20.6. The van der Waals surface area contributed by atoms with Crippen LogP contribution in [0.15, 0.2) is 42.5 Å². The fourth-order valence-corrected chi connectivity index (χ4v) is 3.93. The number of hydrogen-bond donors (Lipinski definition) is 1. The third kappa shape index (κ3) is 4.99. The molecule has 4 rings (SSSR count). The number of methoxy groups -OCH3 is 1. The minimum absolute atomic E-state index is 0. The zero-order chi connectivity index (χ0) is 22.7. The summed E-state index contributed by atoms with van der Waals surface area (Å²) in [4.78, 5) is 9.79. The highest BCUT2D eigenvalue weighted by Gasteiger charge is 2.19. The van der Waals surface area contributed by atoms with E-state index in [0.29, 0.717) is 29.0 Å². The number of rotatable bonds is 8. The molecule has 0 saturated carbocycles. The molecule has 2 aromatic heterocycles. The number of hydrogen-bond acceptors (Lipinski definition) is 6. The lowest BCUT2D eigenvalue weighted by atomic mass is 10.1. The molecule has 0 radical (unpaired) electrons. The molecule has 0 aliphatic heterocycles. The maximum absolute atomic E-state index is 6.34. The van der Waals surface area contributed by atoms with Gasteiger partial charge in [0.05, 0.1) is 30.0 Å². The molecule has 1 N–H and O–H groups in total. The predicted octanol–water partition coefficient (Wildman–Crippen LogP) is 6.21. The molecule has 0 spiro atoms. The van der Waals surface area contributed by atoms with Crippen LogP contribution in [0.4, 0.5) is 11.5 Å². The second-order valence-corrected chi connectivity index (χ2v) is 7.72. The third-order valence-corrected chi connectivity index (χ3v) is 5.38. The first-order valence-electron chi connectivity index (χ1n) is 10.6. The summed E-state index contributed by atoms with van der Waals surface area (Å²) in [5.41, 5.74) is 4.22. The SMILES string of the molecule is CCCc1nn(C)c2c(Nc3ccc(OC)c(Cl)c3)nc(-c3ccccc3OCC)nc12.Cl. The van der Waals surface area contributed by atoms with E-state index in [1.807, 2.05) is 61.1 Å². The maximum atomic E-state index is 6.34. The number of fused-ring (bicyclic) bond motifs is 1. The number of aryl methyl sites for hydroxylation is 2. The third-order valence-electron chi connectivity index (χ3n) is 5.08. The Labute approximate surface area is 204 Å². The lowest BCUT2D eigenvalue weighted by molar-refractivity contribution is 0.341. The quantitative estimate of drug-likeness (QED) is 0.318. The number of halogens is 2. The number of nitrogens with one attached hydrogen (secondary N) is 1. The molecule has 0 atom stereocenters. The molecule has 0 fully saturated rings. The van der Waals surface area contributed by atoms with Gasteiger partial charge < -0.3 is 14.8 Å². The van der Waals surface area contributed by atoms with Crippen LogP contribution < -0.4 is 14.8 Å². The number of anilines is 2. The highest BCUT2D eigenvalue weighted by atomic mass is 35.5. The van der Waals surface area contributed by atoms with E-state index in [-0.39, 0.29) is 12.4 Å². The minimum atomic E-state index is 0. The average molecular weight is 488 g/mol. The van der Waals surface area contributed by atoms with Gasteiger partial charge in [-0.25, -0.2) is 9.97 Å². The number of benzene rings is 2. The topological polar surface area (TPSA) is 74.1 Å². The Balaban J connectivity index is 0.00000306. The van der Waals surface area contributed by atoms with Crippen LogP contribution in [0.2, 0.25) is 5.02 Å². The Kier molecular flexibility index (Phi) is 8.00. The van der Waals surface area contributed by atoms with Crippen molar-refractivity contribution in [2.75, 3.05) is 19.0 Å². The zero-order valence-electron chi connectivity index (χ0n) is 19.1. The van der Waals surface area contributed by atoms with Crippen molar-refractivity contribution in [1.29, 1.82) is 0 Å². The Morgan fingerprint density at radius 1 is 1.06 bits per heavy atom. The van der Waals surface area contributed by atoms with Crippen molar-refractivity contribution < 1.29 is 9.47 Å². The van der Waals surface area contributed by atoms with E-state index in [0.717, 1.165) is 46.6 Å². The van der Waals surface area contributed by atoms with Crippen LogP contribution in [0, 0.1) is 0 Å². The van der Waals surface area contributed by atoms with Crippen molar-refractivity contribution >= 4 is 46.5 Å². The normalized spacial score (nSPS) is 10.7. The second kappa shape index (κ2) is 10.7. The van der Waals surface area contributed by atoms with E-state index < -0.39 is 0 Å². The molecule has 174 valence electrons. The Morgan fingerprint density at radius 3 is 2.55 bits per heavy atom. The molecule has 0 bridgehead atoms. The standard InChI is InChI=1S/C24H26ClN5O2.ClH/c1-5-9-18-21-22(30(3)29-18)24(26-15-12-13-20(31-4)17(25)14-15)28-23(27-21)16-10-7-8-11-19(16)32-6-2;/h7-8,10-14H,5-6,9H2,1-4H3,(H,26,27,28);1H. The highest BCUT2D eigenvalue weighted by molar-refractivity contribution is 6.32. The number of ether oxygens (including phenoxy) is 2. The summed E-state index contributed by atoms with van der Waals surface area (Å²) in [6.07, 6.45) is 1.80. The Bertz CT molecular complexity index is 1260. The first kappa shape index (κ1) is 24.6. The molecule has 9 heteroatoms. The molecule has 0 aliphatic carbocycles. The molecule has 0 saturated heterocycles. The molecule has 0 aliphatic rings. The molecule has 2 aromatic carbocycles. The van der Waals surface area contributed by atoms with Gasteiger partial charge in [-0.2, -0.15) is 5.10 Å². The van der Waals surface area contributed by atoms with Crippen molar-refractivity contribution in [3.8, 4) is 22.9 Å². The molecular formula is C24H27Cl2N5O2. The molecule has 0 unspecified atom stereocenters. The van der Waals surface area contributed by atoms with Gasteiger partial charge in [0.25, 0.3) is 0 Å². The van der Waals surface area contributed by atoms with Gasteiger partial charge >= 0.3 is 0 Å². The van der Waals surface area contributed by atoms with Crippen LogP contribution >= 0.6 is 24.0 Å². The molecular weight excluding hydrogens is 461 g/mol. The fourth-order valence-electron chi connectivity index (χ4n) is 3.67. The van der Waals surface area contributed by atoms with E-state index in [9.17, 15) is 0 Å². The average Bonchev–Trinajstić information content (AvgIpc) is 3.10. The van der Waals surface area contributed by atoms with Crippen molar-refractivity contribution in [2.24, 2.45) is 7.05 Å². The molecule has 33 heavy (non-hydrogen) atoms. The van der Waals surface area contributed by atoms with Gasteiger partial charge in [-0.05, 0) is 43.7 Å². The van der Waals surface area contributed by atoms with Crippen molar-refractivity contribution in [3.05, 3.63) is 53.2 Å². The van der Waals surface area contributed by atoms with Crippen LogP contribution in [0.25, 0.3) is 22.4 Å². The summed E-state index contributed by atoms with van der Waals surface area (Å²) in [6, 6.07) is 13.3. The van der Waals surface area contributed by atoms with Crippen LogP contribution in [-0.4, -0.2) is 33.5 Å². The number of aromatic nitrogens is 4. The predicted molar refractivity (Wildman–Crippen MR) is 135 cm³/mol. The summed E-state index contributed by atoms with van der Waals surface area (Å²) in [5, 5.41) is 8.64. The Hall–Kier alpha value is -3.03. The van der Waals surface area contributed by atoms with Gasteiger partial charge in [0.15, 0.2) is 11.6 Å². The molecule has 7 nitrogen and oxygen atoms in total. The summed E-state index contributed by atoms with van der Waals surface area (Å²) in [7, 11) is 3.50. The van der Waals surface area contributed by atoms with Crippen LogP contribution in [0.1, 0.15) is 26.0 Å². The van der Waals surface area contributed by atoms with E-state index in [1.54, 1.807) is 7.11 Å². The van der Waals surface area contributed by atoms with Gasteiger partial charge in [-0.15, -0.1) is 12.4 Å². The number of nitrogens with zero attached hydrogens (tertiary/aromatic N) is 4. The Morgan fingerprint density at radius 2 is 1.85 bits per heavy atom. The minimum Gasteiger partial charge on any atom is -0.495 e. The fraction of sp³-hybridized carbons (Fsp3) is 0.292. The second-order valence-electron chi connectivity index (χ2n) is 7.32. The van der Waals surface area contributed by atoms with Gasteiger partial charge in [-0.1, -0.05) is 37.1 Å². The van der Waals surface area contributed by atoms with Crippen molar-refractivity contribution in [3.63, 3.8) is 0 Å². The monoisotopic (exact) mass is 487 g/mol. The first-order chi connectivity index (χ1) is 15.5. The maximum Gasteiger partial charge on any atom is 0.166 e. The molecule has 0 amide bonds. The highest BCUT2D eigenvalue weighted by Crippen LogP contribution is 2.34. The lowest BCUT2D eigenvalue weighted by Crippen LogP contribution is -2.03. The van der Waals surface area contributed by atoms with Gasteiger partial charge in [0.2, 0.25) is 0 Å². The lowest BCUT2D eigenvalue weighted by Gasteiger charge is -2.13. The molecule has 2 heterocycles. The van der Waals surface area contributed by atoms with Gasteiger partial charge in [0, 0.05) is 12.7 Å². The van der Waals surface area contributed by atoms with Crippen LogP contribution in [0.3, 0.4) is 0 Å². The molecule has 4 aromatic rings. The van der Waals surface area contributed by atoms with Gasteiger partial charge in [-0.3, -0.25) is 4.68 Å². The van der Waals surface area contributed by atoms with E-state index in [4.69, 9.17) is 36.1 Å². The summed E-state index contributed by atoms with van der Waals surface area (Å²) in [5.74, 6) is 2.58. The van der Waals surface area contributed by atoms with Gasteiger partial charge in [0.1, 0.15) is 22.5 Å². The van der Waals surface area contributed by atoms with E-state index in [1.165, 1.54) is 0 Å². The summed E-state index contributed by atoms with van der Waals surface area (Å²) >= 11 is 6.34. The summed E-state index contributed by atoms with van der Waals surface area (Å²) < 4.78 is 12.9. The van der Waals surface area contributed by atoms with Crippen LogP contribution in [-0.2, 0) is 13.5 Å². The largest absolute Gasteiger partial charge is 0.495 e. The summed E-state index contributed by atoms with van der Waals surface area (Å²) in [6.45, 7) is 4.65. The van der Waals surface area contributed by atoms with Crippen LogP contribution in [0.5, 0.6) is 11.5 Å². The van der Waals surface area contributed by atoms with Crippen molar-refractivity contribution in [2.45, 2.75) is 26.7 Å². The smallest absolute Gasteiger partial charge is 0.166 e.